The predicted octanol–water partition coefficient (Wildman–Crippen LogP) is 4.44. The van der Waals surface area contributed by atoms with Crippen molar-refractivity contribution in [1.29, 1.82) is 5.41 Å². The highest BCUT2D eigenvalue weighted by atomic mass is 127. The van der Waals surface area contributed by atoms with Crippen LogP contribution in [0, 0.1) is 14.9 Å². The molecule has 0 spiro atoms. The van der Waals surface area contributed by atoms with Crippen LogP contribution in [0.15, 0.2) is 55.1 Å². The first-order valence-corrected chi connectivity index (χ1v) is 9.28. The van der Waals surface area contributed by atoms with Gasteiger partial charge in [0.1, 0.15) is 15.3 Å². The number of nitrogens with zero attached hydrogens (tertiary/aromatic N) is 3. The molecular formula is C19H14F2IN5O. The van der Waals surface area contributed by atoms with Crippen molar-refractivity contribution in [2.75, 3.05) is 0 Å². The second-order valence-corrected chi connectivity index (χ2v) is 7.24. The lowest BCUT2D eigenvalue weighted by atomic mass is 10.1. The fraction of sp³-hybridized carbons (Fsp3) is 0.0526. The van der Waals surface area contributed by atoms with Crippen LogP contribution in [0.4, 0.5) is 8.87 Å². The highest BCUT2D eigenvalue weighted by Gasteiger charge is 2.19. The van der Waals surface area contributed by atoms with Crippen LogP contribution < -0.4 is 10.5 Å². The summed E-state index contributed by atoms with van der Waals surface area (Å²) < 4.78 is 37.3. The minimum absolute atomic E-state index is 0.0110. The summed E-state index contributed by atoms with van der Waals surface area (Å²) in [7, 11) is 0. The lowest BCUT2D eigenvalue weighted by Crippen LogP contribution is -2.10. The van der Waals surface area contributed by atoms with Crippen molar-refractivity contribution in [3.8, 4) is 11.5 Å². The largest absolute Gasteiger partial charge is 0.454 e. The number of nitrogens with two attached hydrogens (primary N) is 1. The number of aromatic nitrogens is 3. The van der Waals surface area contributed by atoms with Gasteiger partial charge in [0.15, 0.2) is 11.6 Å². The number of benzene rings is 2. The van der Waals surface area contributed by atoms with Gasteiger partial charge in [0.05, 0.1) is 18.4 Å². The van der Waals surface area contributed by atoms with E-state index in [4.69, 9.17) is 15.9 Å². The first-order valence-electron chi connectivity index (χ1n) is 8.20. The Hall–Kier alpha value is -2.95. The molecule has 2 heterocycles. The normalized spacial score (nSPS) is 11.1. The Morgan fingerprint density at radius 2 is 2.11 bits per heavy atom. The second-order valence-electron chi connectivity index (χ2n) is 6.14. The number of ether oxygens (including phenoxy) is 1. The van der Waals surface area contributed by atoms with Crippen LogP contribution in [0.25, 0.3) is 10.9 Å². The second kappa shape index (κ2) is 7.23. The monoisotopic (exact) mass is 493 g/mol. The topological polar surface area (TPSA) is 81.9 Å². The third-order valence-corrected chi connectivity index (χ3v) is 4.82. The molecule has 9 heteroatoms. The maximum absolute atomic E-state index is 14.9. The van der Waals surface area contributed by atoms with E-state index < -0.39 is 5.82 Å². The maximum Gasteiger partial charge on any atom is 0.168 e. The van der Waals surface area contributed by atoms with Gasteiger partial charge in [-0.05, 0) is 40.8 Å². The summed E-state index contributed by atoms with van der Waals surface area (Å²) in [5, 5.41) is 8.08. The van der Waals surface area contributed by atoms with Crippen molar-refractivity contribution >= 4 is 39.3 Å². The Kier molecular flexibility index (Phi) is 4.75. The molecule has 142 valence electrons. The molecule has 3 N–H and O–H groups in total. The summed E-state index contributed by atoms with van der Waals surface area (Å²) in [6.45, 7) is 0.246. The molecule has 0 saturated carbocycles. The number of nitrogen functional groups attached to an aromatic ring is 1. The molecule has 6 nitrogen and oxygen atoms in total. The summed E-state index contributed by atoms with van der Waals surface area (Å²) in [6, 6.07) is 9.19. The van der Waals surface area contributed by atoms with Crippen LogP contribution in [0.5, 0.6) is 11.5 Å². The van der Waals surface area contributed by atoms with E-state index in [9.17, 15) is 8.87 Å². The zero-order chi connectivity index (χ0) is 19.8. The maximum atomic E-state index is 14.9. The van der Waals surface area contributed by atoms with E-state index in [1.54, 1.807) is 47.4 Å². The minimum atomic E-state index is -0.692. The first-order chi connectivity index (χ1) is 13.4. The predicted molar refractivity (Wildman–Crippen MR) is 110 cm³/mol. The molecule has 0 radical (unpaired) electrons. The standard InChI is InChI=1S/C19H14F2IN5O/c20-15-7-16-13(4-5-27(16)21)14(8-26-9-17(22)25-10-26)18(15)28-12-3-1-2-11(6-12)19(23)24/h1-7,9-10H,8H2,(H3,23,24). The summed E-state index contributed by atoms with van der Waals surface area (Å²) in [5.74, 6) is -0.498. The van der Waals surface area contributed by atoms with Gasteiger partial charge in [-0.2, -0.15) is 4.79 Å². The zero-order valence-electron chi connectivity index (χ0n) is 14.4. The number of hydrogen-bond donors (Lipinski definition) is 2. The highest BCUT2D eigenvalue weighted by molar-refractivity contribution is 14.1. The summed E-state index contributed by atoms with van der Waals surface area (Å²) >= 11 is 2.08. The molecule has 0 atom stereocenters. The van der Waals surface area contributed by atoms with Crippen LogP contribution in [-0.2, 0) is 6.54 Å². The van der Waals surface area contributed by atoms with Crippen molar-refractivity contribution in [1.82, 2.24) is 14.3 Å². The minimum Gasteiger partial charge on any atom is -0.454 e. The molecule has 0 saturated heterocycles. The number of fused-ring (bicyclic) bond motifs is 1. The van der Waals surface area contributed by atoms with Crippen LogP contribution in [0.2, 0.25) is 0 Å². The average Bonchev–Trinajstić information content (AvgIpc) is 3.24. The molecular weight excluding hydrogens is 479 g/mol. The third-order valence-electron chi connectivity index (χ3n) is 4.27. The Morgan fingerprint density at radius 1 is 1.29 bits per heavy atom. The first kappa shape index (κ1) is 18.4. The van der Waals surface area contributed by atoms with E-state index in [-0.39, 0.29) is 23.6 Å². The van der Waals surface area contributed by atoms with Crippen LogP contribution in [0.3, 0.4) is 0 Å². The summed E-state index contributed by atoms with van der Waals surface area (Å²) in [4.78, 5) is 4.54. The Morgan fingerprint density at radius 3 is 2.82 bits per heavy atom. The van der Waals surface area contributed by atoms with Crippen molar-refractivity contribution in [2.24, 2.45) is 5.73 Å². The molecule has 4 aromatic rings. The number of nitrogens with one attached hydrogen (secondary N) is 1. The van der Waals surface area contributed by atoms with E-state index in [2.05, 4.69) is 27.6 Å². The fourth-order valence-corrected chi connectivity index (χ4v) is 3.46. The van der Waals surface area contributed by atoms with Crippen LogP contribution in [0.1, 0.15) is 11.1 Å². The van der Waals surface area contributed by atoms with Crippen molar-refractivity contribution < 1.29 is 13.6 Å². The van der Waals surface area contributed by atoms with Gasteiger partial charge < -0.3 is 15.0 Å². The van der Waals surface area contributed by atoms with E-state index >= 15 is 0 Å². The Balaban J connectivity index is 1.84. The van der Waals surface area contributed by atoms with Gasteiger partial charge in [0.2, 0.25) is 0 Å². The Labute approximate surface area is 172 Å². The van der Waals surface area contributed by atoms with Gasteiger partial charge in [-0.1, -0.05) is 16.6 Å². The van der Waals surface area contributed by atoms with Crippen molar-refractivity contribution in [2.45, 2.75) is 6.54 Å². The molecule has 0 aliphatic heterocycles. The summed E-state index contributed by atoms with van der Waals surface area (Å²) in [5.41, 5.74) is 6.57. The molecule has 28 heavy (non-hydrogen) atoms. The molecule has 0 bridgehead atoms. The molecule has 2 aromatic carbocycles. The SMILES string of the molecule is N=C(N)c1cccc(Oc2c(F)cc3c(ccn3F)c2Cn2cnc(I)c2)c1. The van der Waals surface area contributed by atoms with Gasteiger partial charge in [-0.25, -0.2) is 9.37 Å². The summed E-state index contributed by atoms with van der Waals surface area (Å²) in [6.07, 6.45) is 4.64. The van der Waals surface area contributed by atoms with Gasteiger partial charge in [-0.15, -0.1) is 0 Å². The lowest BCUT2D eigenvalue weighted by Gasteiger charge is -2.15. The molecule has 2 aromatic heterocycles. The third kappa shape index (κ3) is 3.44. The molecule has 0 unspecified atom stereocenters. The van der Waals surface area contributed by atoms with Gasteiger partial charge in [0, 0.05) is 35.0 Å². The smallest absolute Gasteiger partial charge is 0.168 e. The highest BCUT2D eigenvalue weighted by Crippen LogP contribution is 2.36. The Bertz CT molecular complexity index is 1200. The van der Waals surface area contributed by atoms with E-state index in [1.165, 1.54) is 6.20 Å². The molecule has 0 amide bonds. The number of imidazole rings is 1. The molecule has 4 rings (SSSR count). The van der Waals surface area contributed by atoms with E-state index in [0.717, 1.165) is 9.77 Å². The fourth-order valence-electron chi connectivity index (χ4n) is 2.98. The van der Waals surface area contributed by atoms with Crippen molar-refractivity contribution in [3.05, 3.63) is 75.8 Å². The quantitative estimate of drug-likeness (QED) is 0.245. The van der Waals surface area contributed by atoms with Gasteiger partial charge in [-0.3, -0.25) is 5.41 Å². The molecule has 0 fully saturated rings. The van der Waals surface area contributed by atoms with Gasteiger partial charge in [0.25, 0.3) is 0 Å². The van der Waals surface area contributed by atoms with E-state index in [1.807, 2.05) is 0 Å². The number of halogens is 3. The zero-order valence-corrected chi connectivity index (χ0v) is 16.5. The molecule has 0 aliphatic rings. The average molecular weight is 493 g/mol. The van der Waals surface area contributed by atoms with Crippen LogP contribution >= 0.6 is 22.6 Å². The number of hydrogen-bond acceptors (Lipinski definition) is 3. The number of amidine groups is 1. The van der Waals surface area contributed by atoms with Crippen LogP contribution in [-0.4, -0.2) is 20.2 Å². The lowest BCUT2D eigenvalue weighted by molar-refractivity contribution is 0.386. The molecule has 0 aliphatic carbocycles. The van der Waals surface area contributed by atoms with Gasteiger partial charge >= 0.3 is 0 Å². The van der Waals surface area contributed by atoms with E-state index in [0.29, 0.717) is 27.1 Å². The number of rotatable bonds is 5. The van der Waals surface area contributed by atoms with Crippen molar-refractivity contribution in [3.63, 3.8) is 0 Å².